The third kappa shape index (κ3) is 1.53. The molecule has 1 rings (SSSR count). The van der Waals surface area contributed by atoms with Gasteiger partial charge in [0.15, 0.2) is 0 Å². The maximum absolute atomic E-state index is 6.57. The Kier molecular flexibility index (Phi) is 1.80. The first-order valence-corrected chi connectivity index (χ1v) is 2.58. The minimum Gasteiger partial charge on any atom is -0.367 e. The highest BCUT2D eigenvalue weighted by Crippen LogP contribution is 1.89. The Morgan fingerprint density at radius 3 is 3.11 bits per heavy atom. The molecule has 0 radical (unpaired) electrons. The maximum atomic E-state index is 6.57. The Morgan fingerprint density at radius 1 is 1.67 bits per heavy atom. The Labute approximate surface area is 53.0 Å². The molecule has 46 valence electrons. The summed E-state index contributed by atoms with van der Waals surface area (Å²) in [6, 6.07) is 1.88. The molecule has 0 bridgehead atoms. The molecule has 0 aliphatic heterocycles. The molecule has 0 saturated heterocycles. The van der Waals surface area contributed by atoms with Crippen LogP contribution in [0.3, 0.4) is 0 Å². The molecular weight excluding hydrogens is 114 g/mol. The highest BCUT2D eigenvalue weighted by molar-refractivity contribution is 5.84. The van der Waals surface area contributed by atoms with Gasteiger partial charge in [-0.2, -0.15) is 0 Å². The van der Waals surface area contributed by atoms with Crippen molar-refractivity contribution >= 4 is 12.6 Å². The number of aliphatic imine (C=N–C) groups is 1. The second kappa shape index (κ2) is 2.81. The molecule has 0 atom stereocenters. The molecule has 0 spiro atoms. The van der Waals surface area contributed by atoms with E-state index in [9.17, 15) is 0 Å². The van der Waals surface area contributed by atoms with Crippen molar-refractivity contribution in [3.8, 4) is 0 Å². The van der Waals surface area contributed by atoms with Crippen LogP contribution in [0.5, 0.6) is 0 Å². The highest BCUT2D eigenvalue weighted by Gasteiger charge is 1.81. The second-order valence-corrected chi connectivity index (χ2v) is 1.55. The molecule has 1 aromatic rings. The van der Waals surface area contributed by atoms with Gasteiger partial charge in [-0.1, -0.05) is 0 Å². The van der Waals surface area contributed by atoms with E-state index in [1.807, 2.05) is 18.5 Å². The van der Waals surface area contributed by atoms with E-state index >= 15 is 0 Å². The van der Waals surface area contributed by atoms with Crippen LogP contribution in [0.2, 0.25) is 0 Å². The molecule has 0 unspecified atom stereocenters. The molecule has 0 aliphatic carbocycles. The van der Waals surface area contributed by atoms with Crippen LogP contribution >= 0.6 is 0 Å². The summed E-state index contributed by atoms with van der Waals surface area (Å²) >= 11 is 0. The van der Waals surface area contributed by atoms with E-state index in [4.69, 9.17) is 5.41 Å². The lowest BCUT2D eigenvalue weighted by atomic mass is 10.4. The summed E-state index contributed by atoms with van der Waals surface area (Å²) in [5, 5.41) is 6.57. The summed E-state index contributed by atoms with van der Waals surface area (Å²) in [5.41, 5.74) is 0.985. The van der Waals surface area contributed by atoms with Gasteiger partial charge in [0.1, 0.15) is 6.34 Å². The van der Waals surface area contributed by atoms with Gasteiger partial charge >= 0.3 is 0 Å². The molecule has 1 heterocycles. The predicted octanol–water partition coefficient (Wildman–Crippen LogP) is 1.04. The zero-order valence-electron chi connectivity index (χ0n) is 4.83. The van der Waals surface area contributed by atoms with E-state index in [1.54, 1.807) is 6.21 Å². The van der Waals surface area contributed by atoms with Gasteiger partial charge in [0, 0.05) is 24.2 Å². The summed E-state index contributed by atoms with van der Waals surface area (Å²) in [7, 11) is 0. The quantitative estimate of drug-likeness (QED) is 0.434. The van der Waals surface area contributed by atoms with E-state index in [0.29, 0.717) is 0 Å². The van der Waals surface area contributed by atoms with Gasteiger partial charge in [-0.3, -0.25) is 5.41 Å². The molecule has 2 N–H and O–H groups in total. The van der Waals surface area contributed by atoms with Crippen molar-refractivity contribution in [2.75, 3.05) is 0 Å². The van der Waals surface area contributed by atoms with Crippen LogP contribution < -0.4 is 0 Å². The van der Waals surface area contributed by atoms with E-state index in [1.165, 1.54) is 0 Å². The zero-order chi connectivity index (χ0) is 6.53. The van der Waals surface area contributed by atoms with Gasteiger partial charge in [0.05, 0.1) is 0 Å². The van der Waals surface area contributed by atoms with Crippen molar-refractivity contribution in [3.05, 3.63) is 24.0 Å². The summed E-state index contributed by atoms with van der Waals surface area (Å²) in [6.07, 6.45) is 6.24. The molecule has 0 amide bonds. The number of rotatable bonds is 2. The highest BCUT2D eigenvalue weighted by atomic mass is 14.7. The molecule has 3 heteroatoms. The zero-order valence-corrected chi connectivity index (χ0v) is 4.83. The van der Waals surface area contributed by atoms with Crippen LogP contribution in [-0.4, -0.2) is 17.5 Å². The normalized spacial score (nSPS) is 10.2. The second-order valence-electron chi connectivity index (χ2n) is 1.55. The van der Waals surface area contributed by atoms with Gasteiger partial charge in [-0.25, -0.2) is 4.99 Å². The predicted molar refractivity (Wildman–Crippen MR) is 37.2 cm³/mol. The van der Waals surface area contributed by atoms with Crippen molar-refractivity contribution in [1.82, 2.24) is 4.98 Å². The molecule has 0 fully saturated rings. The average Bonchev–Trinajstić information content (AvgIpc) is 2.34. The molecule has 1 aromatic heterocycles. The average molecular weight is 121 g/mol. The number of nitrogens with zero attached hydrogens (tertiary/aromatic N) is 1. The van der Waals surface area contributed by atoms with Gasteiger partial charge in [0.25, 0.3) is 0 Å². The lowest BCUT2D eigenvalue weighted by molar-refractivity contribution is 1.41. The van der Waals surface area contributed by atoms with Crippen LogP contribution in [0, 0.1) is 5.41 Å². The van der Waals surface area contributed by atoms with E-state index < -0.39 is 0 Å². The summed E-state index contributed by atoms with van der Waals surface area (Å²) in [4.78, 5) is 6.48. The lowest BCUT2D eigenvalue weighted by Crippen LogP contribution is -1.72. The molecule has 3 nitrogen and oxygen atoms in total. The Hall–Kier alpha value is -1.38. The SMILES string of the molecule is N=CN=Cc1cc[nH]c1. The van der Waals surface area contributed by atoms with Gasteiger partial charge in [-0.05, 0) is 6.07 Å². The van der Waals surface area contributed by atoms with E-state index in [-0.39, 0.29) is 0 Å². The fourth-order valence-electron chi connectivity index (χ4n) is 0.540. The van der Waals surface area contributed by atoms with Crippen LogP contribution in [0.1, 0.15) is 5.56 Å². The smallest absolute Gasteiger partial charge is 0.106 e. The van der Waals surface area contributed by atoms with Gasteiger partial charge in [0.2, 0.25) is 0 Å². The third-order valence-corrected chi connectivity index (χ3v) is 0.920. The van der Waals surface area contributed by atoms with Gasteiger partial charge in [-0.15, -0.1) is 0 Å². The Balaban J connectivity index is 2.67. The summed E-state index contributed by atoms with van der Waals surface area (Å²) in [5.74, 6) is 0. The molecular formula is C6H7N3. The molecule has 0 aliphatic rings. The van der Waals surface area contributed by atoms with Crippen molar-refractivity contribution in [1.29, 1.82) is 5.41 Å². The van der Waals surface area contributed by atoms with E-state index in [0.717, 1.165) is 11.9 Å². The maximum Gasteiger partial charge on any atom is 0.106 e. The minimum absolute atomic E-state index is 0.985. The molecule has 0 saturated carbocycles. The topological polar surface area (TPSA) is 52.0 Å². The number of hydrogen-bond donors (Lipinski definition) is 2. The fraction of sp³-hybridized carbons (Fsp3) is 0. The monoisotopic (exact) mass is 121 g/mol. The lowest BCUT2D eigenvalue weighted by Gasteiger charge is -1.75. The number of aromatic amines is 1. The van der Waals surface area contributed by atoms with Crippen molar-refractivity contribution in [3.63, 3.8) is 0 Å². The molecule has 9 heavy (non-hydrogen) atoms. The first-order chi connectivity index (χ1) is 4.43. The Morgan fingerprint density at radius 2 is 2.56 bits per heavy atom. The van der Waals surface area contributed by atoms with Crippen LogP contribution in [-0.2, 0) is 0 Å². The number of H-pyrrole nitrogens is 1. The van der Waals surface area contributed by atoms with Crippen molar-refractivity contribution < 1.29 is 0 Å². The standard InChI is InChI=1S/C6H7N3/c7-5-9-4-6-1-2-8-3-6/h1-5,7-8H. The first-order valence-electron chi connectivity index (χ1n) is 2.58. The third-order valence-electron chi connectivity index (χ3n) is 0.920. The number of hydrogen-bond acceptors (Lipinski definition) is 1. The van der Waals surface area contributed by atoms with Crippen LogP contribution in [0.4, 0.5) is 0 Å². The summed E-state index contributed by atoms with van der Waals surface area (Å²) < 4.78 is 0. The fourth-order valence-corrected chi connectivity index (χ4v) is 0.540. The van der Waals surface area contributed by atoms with Crippen LogP contribution in [0.25, 0.3) is 0 Å². The number of nitrogens with one attached hydrogen (secondary N) is 2. The largest absolute Gasteiger partial charge is 0.367 e. The van der Waals surface area contributed by atoms with E-state index in [2.05, 4.69) is 9.98 Å². The number of aromatic nitrogens is 1. The van der Waals surface area contributed by atoms with Crippen molar-refractivity contribution in [2.45, 2.75) is 0 Å². The summed E-state index contributed by atoms with van der Waals surface area (Å²) in [6.45, 7) is 0. The van der Waals surface area contributed by atoms with Crippen molar-refractivity contribution in [2.24, 2.45) is 4.99 Å². The van der Waals surface area contributed by atoms with Crippen LogP contribution in [0.15, 0.2) is 23.5 Å². The van der Waals surface area contributed by atoms with Gasteiger partial charge < -0.3 is 4.98 Å². The molecule has 0 aromatic carbocycles. The minimum atomic E-state index is 0.985. The first kappa shape index (κ1) is 5.75. The Bertz CT molecular complexity index is 198.